The van der Waals surface area contributed by atoms with Crippen molar-refractivity contribution in [2.45, 2.75) is 20.8 Å². The van der Waals surface area contributed by atoms with Gasteiger partial charge in [-0.2, -0.15) is 0 Å². The summed E-state index contributed by atoms with van der Waals surface area (Å²) in [6.45, 7) is 5.67. The predicted octanol–water partition coefficient (Wildman–Crippen LogP) is 4.46. The van der Waals surface area contributed by atoms with E-state index in [1.165, 1.54) is 11.1 Å². The van der Waals surface area contributed by atoms with Crippen molar-refractivity contribution in [3.05, 3.63) is 64.7 Å². The zero-order valence-electron chi connectivity index (χ0n) is 12.0. The molecule has 2 heteroatoms. The Labute approximate surface area is 119 Å². The van der Waals surface area contributed by atoms with Crippen LogP contribution >= 0.6 is 0 Å². The van der Waals surface area contributed by atoms with Gasteiger partial charge >= 0.3 is 5.97 Å². The predicted molar refractivity (Wildman–Crippen MR) is 82.6 cm³/mol. The number of benzene rings is 2. The molecule has 2 aromatic carbocycles. The third-order valence-corrected chi connectivity index (χ3v) is 3.41. The Kier molecular flexibility index (Phi) is 4.04. The van der Waals surface area contributed by atoms with Crippen molar-refractivity contribution in [2.24, 2.45) is 0 Å². The van der Waals surface area contributed by atoms with Crippen molar-refractivity contribution in [3.63, 3.8) is 0 Å². The summed E-state index contributed by atoms with van der Waals surface area (Å²) in [5.41, 5.74) is 5.90. The third kappa shape index (κ3) is 2.97. The van der Waals surface area contributed by atoms with Gasteiger partial charge in [-0.1, -0.05) is 42.5 Å². The first-order chi connectivity index (χ1) is 9.49. The second-order valence-corrected chi connectivity index (χ2v) is 5.02. The summed E-state index contributed by atoms with van der Waals surface area (Å²) in [5.74, 6) is -0.880. The van der Waals surface area contributed by atoms with Crippen LogP contribution in [0.25, 0.3) is 17.2 Å². The second-order valence-electron chi connectivity index (χ2n) is 5.02. The molecule has 0 aliphatic rings. The zero-order valence-corrected chi connectivity index (χ0v) is 12.0. The molecule has 0 bridgehead atoms. The molecule has 0 saturated heterocycles. The molecule has 0 aliphatic heterocycles. The smallest absolute Gasteiger partial charge is 0.331 e. The van der Waals surface area contributed by atoms with Crippen LogP contribution in [0.2, 0.25) is 0 Å². The maximum absolute atomic E-state index is 10.9. The van der Waals surface area contributed by atoms with Gasteiger partial charge in [-0.05, 0) is 54.7 Å². The Morgan fingerprint density at radius 3 is 2.30 bits per heavy atom. The molecule has 2 aromatic rings. The van der Waals surface area contributed by atoms with E-state index in [-0.39, 0.29) is 0 Å². The molecule has 0 fully saturated rings. The molecule has 0 amide bonds. The molecular formula is C18H18O2. The molecule has 20 heavy (non-hydrogen) atoms. The van der Waals surface area contributed by atoms with Crippen LogP contribution < -0.4 is 0 Å². The lowest BCUT2D eigenvalue weighted by Gasteiger charge is -2.11. The monoisotopic (exact) mass is 266 g/mol. The summed E-state index contributed by atoms with van der Waals surface area (Å²) in [6.07, 6.45) is 1.72. The Morgan fingerprint density at radius 2 is 1.70 bits per heavy atom. The average Bonchev–Trinajstić information content (AvgIpc) is 2.43. The molecule has 0 saturated carbocycles. The molecular weight excluding hydrogens is 248 g/mol. The summed E-state index contributed by atoms with van der Waals surface area (Å²) in [5, 5.41) is 8.97. The van der Waals surface area contributed by atoms with Crippen molar-refractivity contribution in [2.75, 3.05) is 0 Å². The van der Waals surface area contributed by atoms with Crippen molar-refractivity contribution < 1.29 is 9.90 Å². The van der Waals surface area contributed by atoms with Crippen LogP contribution in [0.5, 0.6) is 0 Å². The number of carboxylic acids is 1. The van der Waals surface area contributed by atoms with Gasteiger partial charge in [0.1, 0.15) is 0 Å². The van der Waals surface area contributed by atoms with E-state index < -0.39 is 5.97 Å². The molecule has 0 atom stereocenters. The van der Waals surface area contributed by atoms with Crippen LogP contribution in [0.15, 0.2) is 48.0 Å². The summed E-state index contributed by atoms with van der Waals surface area (Å²) < 4.78 is 0. The van der Waals surface area contributed by atoms with Crippen molar-refractivity contribution in [1.29, 1.82) is 0 Å². The highest BCUT2D eigenvalue weighted by Gasteiger charge is 2.07. The molecule has 0 aromatic heterocycles. The number of carbonyl (C=O) groups is 1. The quantitative estimate of drug-likeness (QED) is 0.833. The fraction of sp³-hybridized carbons (Fsp3) is 0.167. The van der Waals surface area contributed by atoms with Gasteiger partial charge in [-0.15, -0.1) is 0 Å². The molecule has 2 rings (SSSR count). The molecule has 1 N–H and O–H groups in total. The normalized spacial score (nSPS) is 11.4. The summed E-state index contributed by atoms with van der Waals surface area (Å²) in [4.78, 5) is 10.9. The summed E-state index contributed by atoms with van der Waals surface area (Å²) in [6, 6.07) is 14.4. The number of carboxylic acid groups (broad SMARTS) is 1. The Balaban J connectivity index is 2.50. The van der Waals surface area contributed by atoms with E-state index in [0.29, 0.717) is 5.57 Å². The minimum Gasteiger partial charge on any atom is -0.478 e. The highest BCUT2D eigenvalue weighted by Crippen LogP contribution is 2.27. The highest BCUT2D eigenvalue weighted by molar-refractivity contribution is 5.92. The second kappa shape index (κ2) is 5.74. The van der Waals surface area contributed by atoms with Crippen LogP contribution in [0.3, 0.4) is 0 Å². The van der Waals surface area contributed by atoms with E-state index >= 15 is 0 Å². The largest absolute Gasteiger partial charge is 0.478 e. The minimum atomic E-state index is -0.880. The number of hydrogen-bond donors (Lipinski definition) is 1. The first kappa shape index (κ1) is 14.1. The molecule has 0 heterocycles. The van der Waals surface area contributed by atoms with E-state index in [0.717, 1.165) is 16.7 Å². The van der Waals surface area contributed by atoms with Gasteiger partial charge < -0.3 is 5.11 Å². The van der Waals surface area contributed by atoms with Crippen LogP contribution in [0.1, 0.15) is 23.6 Å². The number of rotatable bonds is 3. The van der Waals surface area contributed by atoms with Crippen LogP contribution in [0, 0.1) is 13.8 Å². The lowest BCUT2D eigenvalue weighted by atomic mass is 9.94. The molecule has 0 radical (unpaired) electrons. The van der Waals surface area contributed by atoms with E-state index in [1.54, 1.807) is 13.0 Å². The minimum absolute atomic E-state index is 0.347. The van der Waals surface area contributed by atoms with E-state index in [9.17, 15) is 4.79 Å². The van der Waals surface area contributed by atoms with Crippen molar-refractivity contribution in [1.82, 2.24) is 0 Å². The molecule has 102 valence electrons. The fourth-order valence-electron chi connectivity index (χ4n) is 2.22. The zero-order chi connectivity index (χ0) is 14.7. The van der Waals surface area contributed by atoms with Gasteiger partial charge in [-0.3, -0.25) is 0 Å². The summed E-state index contributed by atoms with van der Waals surface area (Å²) >= 11 is 0. The topological polar surface area (TPSA) is 37.3 Å². The lowest BCUT2D eigenvalue weighted by molar-refractivity contribution is -0.132. The molecule has 0 spiro atoms. The first-order valence-electron chi connectivity index (χ1n) is 6.57. The van der Waals surface area contributed by atoms with Crippen LogP contribution in [-0.2, 0) is 4.79 Å². The van der Waals surface area contributed by atoms with Gasteiger partial charge in [0.25, 0.3) is 0 Å². The van der Waals surface area contributed by atoms with Crippen LogP contribution in [0.4, 0.5) is 0 Å². The van der Waals surface area contributed by atoms with Crippen molar-refractivity contribution >= 4 is 12.0 Å². The van der Waals surface area contributed by atoms with E-state index in [2.05, 4.69) is 25.1 Å². The van der Waals surface area contributed by atoms with Crippen LogP contribution in [-0.4, -0.2) is 11.1 Å². The van der Waals surface area contributed by atoms with Crippen molar-refractivity contribution in [3.8, 4) is 11.1 Å². The van der Waals surface area contributed by atoms with Gasteiger partial charge in [-0.25, -0.2) is 4.79 Å². The van der Waals surface area contributed by atoms with Gasteiger partial charge in [0.05, 0.1) is 0 Å². The first-order valence-corrected chi connectivity index (χ1v) is 6.57. The van der Waals surface area contributed by atoms with E-state index in [4.69, 9.17) is 5.11 Å². The number of aliphatic carboxylic acids is 1. The van der Waals surface area contributed by atoms with Gasteiger partial charge in [0.15, 0.2) is 0 Å². The Morgan fingerprint density at radius 1 is 1.05 bits per heavy atom. The maximum atomic E-state index is 10.9. The standard InChI is InChI=1S/C18H18O2/c1-12-11-17(15-7-5-4-6-8-15)13(2)9-16(12)10-14(3)18(19)20/h4-11H,1-3H3,(H,19,20). The average molecular weight is 266 g/mol. The van der Waals surface area contributed by atoms with Gasteiger partial charge in [0.2, 0.25) is 0 Å². The number of hydrogen-bond acceptors (Lipinski definition) is 1. The molecule has 0 unspecified atom stereocenters. The Bertz CT molecular complexity index is 667. The molecule has 2 nitrogen and oxygen atoms in total. The lowest BCUT2D eigenvalue weighted by Crippen LogP contribution is -1.96. The Hall–Kier alpha value is -2.35. The molecule has 0 aliphatic carbocycles. The van der Waals surface area contributed by atoms with Gasteiger partial charge in [0, 0.05) is 5.57 Å². The third-order valence-electron chi connectivity index (χ3n) is 3.41. The van der Waals surface area contributed by atoms with E-state index in [1.807, 2.05) is 31.2 Å². The SMILES string of the molecule is CC(=Cc1cc(C)c(-c2ccccc2)cc1C)C(=O)O. The fourth-order valence-corrected chi connectivity index (χ4v) is 2.22. The number of aryl methyl sites for hydroxylation is 2. The summed E-state index contributed by atoms with van der Waals surface area (Å²) in [7, 11) is 0. The maximum Gasteiger partial charge on any atom is 0.331 e. The highest BCUT2D eigenvalue weighted by atomic mass is 16.4.